The molecule has 0 aromatic heterocycles. The number of aliphatic hydroxyl groups excluding tert-OH is 1. The number of carboxylic acids is 1. The van der Waals surface area contributed by atoms with Crippen LogP contribution in [0.4, 0.5) is 0 Å². The van der Waals surface area contributed by atoms with Crippen LogP contribution in [0.25, 0.3) is 0 Å². The van der Waals surface area contributed by atoms with Crippen LogP contribution >= 0.6 is 0 Å². The Morgan fingerprint density at radius 2 is 1.94 bits per heavy atom. The fourth-order valence-corrected chi connectivity index (χ4v) is 2.55. The third-order valence-corrected chi connectivity index (χ3v) is 3.56. The molecular formula is C15H18O3. The van der Waals surface area contributed by atoms with Crippen LogP contribution in [0.3, 0.4) is 0 Å². The summed E-state index contributed by atoms with van der Waals surface area (Å²) >= 11 is 0. The first-order valence-corrected chi connectivity index (χ1v) is 6.31. The zero-order chi connectivity index (χ0) is 13.0. The molecule has 0 radical (unpaired) electrons. The highest BCUT2D eigenvalue weighted by Crippen LogP contribution is 2.31. The van der Waals surface area contributed by atoms with E-state index >= 15 is 0 Å². The van der Waals surface area contributed by atoms with E-state index in [-0.39, 0.29) is 5.92 Å². The number of carbonyl (C=O) groups is 1. The van der Waals surface area contributed by atoms with Gasteiger partial charge in [-0.05, 0) is 30.7 Å². The molecule has 0 amide bonds. The van der Waals surface area contributed by atoms with Gasteiger partial charge in [0.1, 0.15) is 5.92 Å². The second kappa shape index (κ2) is 5.83. The second-order valence-electron chi connectivity index (χ2n) is 4.76. The molecule has 0 spiro atoms. The van der Waals surface area contributed by atoms with Gasteiger partial charge < -0.3 is 10.2 Å². The number of hydrogen-bond acceptors (Lipinski definition) is 2. The number of aliphatic hydroxyl groups is 1. The van der Waals surface area contributed by atoms with Gasteiger partial charge in [0.25, 0.3) is 0 Å². The summed E-state index contributed by atoms with van der Waals surface area (Å²) in [6.45, 7) is 0. The van der Waals surface area contributed by atoms with E-state index in [0.29, 0.717) is 5.56 Å². The smallest absolute Gasteiger partial charge is 0.313 e. The van der Waals surface area contributed by atoms with Gasteiger partial charge >= 0.3 is 5.97 Å². The molecular weight excluding hydrogens is 228 g/mol. The average Bonchev–Trinajstić information content (AvgIpc) is 2.40. The molecule has 0 bridgehead atoms. The van der Waals surface area contributed by atoms with Crippen LogP contribution in [0, 0.1) is 5.92 Å². The van der Waals surface area contributed by atoms with Gasteiger partial charge in [-0.3, -0.25) is 4.79 Å². The summed E-state index contributed by atoms with van der Waals surface area (Å²) in [5.41, 5.74) is 0.673. The average molecular weight is 246 g/mol. The molecule has 2 N–H and O–H groups in total. The van der Waals surface area contributed by atoms with Crippen molar-refractivity contribution in [3.8, 4) is 0 Å². The summed E-state index contributed by atoms with van der Waals surface area (Å²) in [7, 11) is 0. The lowest BCUT2D eigenvalue weighted by Crippen LogP contribution is -2.33. The molecule has 1 aliphatic carbocycles. The molecule has 1 aromatic carbocycles. The molecule has 0 saturated heterocycles. The van der Waals surface area contributed by atoms with Gasteiger partial charge in [0.15, 0.2) is 0 Å². The van der Waals surface area contributed by atoms with Crippen LogP contribution in [0.2, 0.25) is 0 Å². The Kier molecular flexibility index (Phi) is 4.15. The predicted octanol–water partition coefficient (Wildman–Crippen LogP) is 2.57. The van der Waals surface area contributed by atoms with Crippen LogP contribution in [0.15, 0.2) is 42.5 Å². The van der Waals surface area contributed by atoms with Crippen LogP contribution in [-0.4, -0.2) is 22.3 Å². The van der Waals surface area contributed by atoms with E-state index < -0.39 is 18.0 Å². The molecule has 3 atom stereocenters. The largest absolute Gasteiger partial charge is 0.481 e. The van der Waals surface area contributed by atoms with Crippen molar-refractivity contribution in [3.63, 3.8) is 0 Å². The zero-order valence-corrected chi connectivity index (χ0v) is 10.2. The van der Waals surface area contributed by atoms with Crippen molar-refractivity contribution in [2.24, 2.45) is 5.92 Å². The summed E-state index contributed by atoms with van der Waals surface area (Å²) < 4.78 is 0. The van der Waals surface area contributed by atoms with E-state index in [1.807, 2.05) is 12.1 Å². The summed E-state index contributed by atoms with van der Waals surface area (Å²) in [6.07, 6.45) is 5.83. The topological polar surface area (TPSA) is 57.5 Å². The fraction of sp³-hybridized carbons (Fsp3) is 0.400. The lowest BCUT2D eigenvalue weighted by Gasteiger charge is -2.28. The molecule has 1 aliphatic rings. The molecule has 3 nitrogen and oxygen atoms in total. The first-order valence-electron chi connectivity index (χ1n) is 6.31. The normalized spacial score (nSPS) is 22.4. The standard InChI is InChI=1S/C15H18O3/c16-14(12-9-5-2-6-10-12)13(15(17)18)11-7-3-1-4-8-11/h1-5,7-8,12-14,16H,6,9-10H2,(H,17,18)/t12-,13+,14+/m0/s1. The van der Waals surface area contributed by atoms with Gasteiger partial charge in [0, 0.05) is 0 Å². The monoisotopic (exact) mass is 246 g/mol. The minimum absolute atomic E-state index is 0.0382. The number of benzene rings is 1. The number of aliphatic carboxylic acids is 1. The van der Waals surface area contributed by atoms with E-state index in [1.54, 1.807) is 24.3 Å². The molecule has 1 aromatic rings. The van der Waals surface area contributed by atoms with E-state index in [0.717, 1.165) is 19.3 Å². The van der Waals surface area contributed by atoms with Crippen LogP contribution in [0.1, 0.15) is 30.7 Å². The second-order valence-corrected chi connectivity index (χ2v) is 4.76. The highest BCUT2D eigenvalue weighted by molar-refractivity contribution is 5.77. The van der Waals surface area contributed by atoms with Crippen molar-refractivity contribution < 1.29 is 15.0 Å². The molecule has 0 saturated carbocycles. The third kappa shape index (κ3) is 2.79. The summed E-state index contributed by atoms with van der Waals surface area (Å²) in [6, 6.07) is 8.98. The van der Waals surface area contributed by atoms with E-state index in [9.17, 15) is 15.0 Å². The molecule has 96 valence electrons. The third-order valence-electron chi connectivity index (χ3n) is 3.56. The number of hydrogen-bond donors (Lipinski definition) is 2. The zero-order valence-electron chi connectivity index (χ0n) is 10.2. The van der Waals surface area contributed by atoms with Gasteiger partial charge in [-0.15, -0.1) is 0 Å². The first-order chi connectivity index (χ1) is 8.70. The van der Waals surface area contributed by atoms with Crippen molar-refractivity contribution in [2.75, 3.05) is 0 Å². The molecule has 0 aliphatic heterocycles. The summed E-state index contributed by atoms with van der Waals surface area (Å²) in [4.78, 5) is 11.4. The number of carboxylic acid groups (broad SMARTS) is 1. The van der Waals surface area contributed by atoms with Gasteiger partial charge in [0.2, 0.25) is 0 Å². The first kappa shape index (κ1) is 12.8. The Labute approximate surface area is 107 Å². The van der Waals surface area contributed by atoms with Gasteiger partial charge in [-0.25, -0.2) is 0 Å². The van der Waals surface area contributed by atoms with E-state index in [4.69, 9.17) is 0 Å². The molecule has 0 unspecified atom stereocenters. The van der Waals surface area contributed by atoms with E-state index in [1.165, 1.54) is 0 Å². The Morgan fingerprint density at radius 1 is 1.22 bits per heavy atom. The Hall–Kier alpha value is -1.61. The van der Waals surface area contributed by atoms with Crippen LogP contribution in [0.5, 0.6) is 0 Å². The summed E-state index contributed by atoms with van der Waals surface area (Å²) in [5.74, 6) is -1.75. The Balaban J connectivity index is 2.20. The van der Waals surface area contributed by atoms with Crippen molar-refractivity contribution in [2.45, 2.75) is 31.3 Å². The minimum atomic E-state index is -0.955. The lowest BCUT2D eigenvalue weighted by molar-refractivity contribution is -0.142. The number of rotatable bonds is 4. The molecule has 18 heavy (non-hydrogen) atoms. The van der Waals surface area contributed by atoms with Gasteiger partial charge in [0.05, 0.1) is 6.10 Å². The van der Waals surface area contributed by atoms with Crippen LogP contribution < -0.4 is 0 Å². The Morgan fingerprint density at radius 3 is 2.50 bits per heavy atom. The maximum Gasteiger partial charge on any atom is 0.313 e. The van der Waals surface area contributed by atoms with Crippen molar-refractivity contribution in [1.29, 1.82) is 0 Å². The highest BCUT2D eigenvalue weighted by atomic mass is 16.4. The van der Waals surface area contributed by atoms with E-state index in [2.05, 4.69) is 6.08 Å². The fourth-order valence-electron chi connectivity index (χ4n) is 2.55. The quantitative estimate of drug-likeness (QED) is 0.803. The maximum atomic E-state index is 11.4. The molecule has 0 fully saturated rings. The Bertz CT molecular complexity index is 425. The van der Waals surface area contributed by atoms with Crippen molar-refractivity contribution >= 4 is 5.97 Å². The molecule has 3 heteroatoms. The lowest BCUT2D eigenvalue weighted by atomic mass is 9.80. The van der Waals surface area contributed by atoms with Gasteiger partial charge in [-0.2, -0.15) is 0 Å². The molecule has 0 heterocycles. The van der Waals surface area contributed by atoms with Gasteiger partial charge in [-0.1, -0.05) is 42.5 Å². The SMILES string of the molecule is O=C(O)[C@H](c1ccccc1)[C@H](O)[C@H]1CC=CCC1. The summed E-state index contributed by atoms with van der Waals surface area (Å²) in [5, 5.41) is 19.7. The minimum Gasteiger partial charge on any atom is -0.481 e. The number of allylic oxidation sites excluding steroid dienone is 2. The predicted molar refractivity (Wildman–Crippen MR) is 69.3 cm³/mol. The van der Waals surface area contributed by atoms with Crippen LogP contribution in [-0.2, 0) is 4.79 Å². The van der Waals surface area contributed by atoms with Crippen molar-refractivity contribution in [1.82, 2.24) is 0 Å². The maximum absolute atomic E-state index is 11.4. The van der Waals surface area contributed by atoms with Crippen molar-refractivity contribution in [3.05, 3.63) is 48.0 Å². The molecule has 2 rings (SSSR count). The highest BCUT2D eigenvalue weighted by Gasteiger charge is 2.33.